The van der Waals surface area contributed by atoms with Gasteiger partial charge < -0.3 is 9.67 Å². The number of hydrogen-bond donors (Lipinski definition) is 1. The molecule has 0 bridgehead atoms. The van der Waals surface area contributed by atoms with Gasteiger partial charge in [0, 0.05) is 25.5 Å². The van der Waals surface area contributed by atoms with Crippen molar-refractivity contribution in [1.29, 1.82) is 0 Å². The zero-order valence-electron chi connectivity index (χ0n) is 10.4. The number of nitrogens with zero attached hydrogens (tertiary/aromatic N) is 3. The molecular formula is C12H23N3O. The lowest BCUT2D eigenvalue weighted by atomic mass is 10.3. The van der Waals surface area contributed by atoms with Gasteiger partial charge >= 0.3 is 0 Å². The Morgan fingerprint density at radius 3 is 2.81 bits per heavy atom. The Morgan fingerprint density at radius 1 is 1.38 bits per heavy atom. The lowest BCUT2D eigenvalue weighted by Gasteiger charge is -2.20. The third kappa shape index (κ3) is 3.94. The number of hydrogen-bond acceptors (Lipinski definition) is 3. The zero-order chi connectivity index (χ0) is 11.8. The maximum absolute atomic E-state index is 9.02. The molecule has 0 aliphatic carbocycles. The molecule has 0 spiro atoms. The van der Waals surface area contributed by atoms with Crippen molar-refractivity contribution in [1.82, 2.24) is 14.5 Å². The molecule has 0 radical (unpaired) electrons. The number of unbranched alkanes of at least 4 members (excludes halogenated alkanes) is 1. The Bertz CT molecular complexity index is 286. The van der Waals surface area contributed by atoms with Gasteiger partial charge in [-0.1, -0.05) is 13.3 Å². The topological polar surface area (TPSA) is 41.3 Å². The molecule has 1 rings (SSSR count). The molecule has 4 nitrogen and oxygen atoms in total. The SMILES string of the molecule is CCCCN(CCO)Cc1nccn1CC. The minimum absolute atomic E-state index is 0.219. The lowest BCUT2D eigenvalue weighted by molar-refractivity contribution is 0.184. The van der Waals surface area contributed by atoms with Crippen LogP contribution in [0, 0.1) is 0 Å². The van der Waals surface area contributed by atoms with E-state index in [0.717, 1.165) is 32.0 Å². The van der Waals surface area contributed by atoms with Crippen LogP contribution in [0.4, 0.5) is 0 Å². The molecule has 1 heterocycles. The van der Waals surface area contributed by atoms with Gasteiger partial charge in [-0.05, 0) is 19.9 Å². The third-order valence-electron chi connectivity index (χ3n) is 2.75. The number of aryl methyl sites for hydroxylation is 1. The second-order valence-corrected chi connectivity index (χ2v) is 3.98. The van der Waals surface area contributed by atoms with Gasteiger partial charge in [0.2, 0.25) is 0 Å². The van der Waals surface area contributed by atoms with Crippen LogP contribution >= 0.6 is 0 Å². The summed E-state index contributed by atoms with van der Waals surface area (Å²) in [7, 11) is 0. The van der Waals surface area contributed by atoms with Crippen LogP contribution < -0.4 is 0 Å². The number of rotatable bonds is 8. The van der Waals surface area contributed by atoms with Gasteiger partial charge in [0.1, 0.15) is 5.82 Å². The molecule has 92 valence electrons. The van der Waals surface area contributed by atoms with E-state index < -0.39 is 0 Å². The molecule has 0 aliphatic rings. The van der Waals surface area contributed by atoms with E-state index in [2.05, 4.69) is 28.3 Å². The van der Waals surface area contributed by atoms with Crippen molar-refractivity contribution >= 4 is 0 Å². The quantitative estimate of drug-likeness (QED) is 0.729. The summed E-state index contributed by atoms with van der Waals surface area (Å²) in [6, 6.07) is 0. The monoisotopic (exact) mass is 225 g/mol. The summed E-state index contributed by atoms with van der Waals surface area (Å²) in [5.41, 5.74) is 0. The summed E-state index contributed by atoms with van der Waals surface area (Å²) in [4.78, 5) is 6.62. The number of aromatic nitrogens is 2. The van der Waals surface area contributed by atoms with Gasteiger partial charge in [0.25, 0.3) is 0 Å². The standard InChI is InChI=1S/C12H23N3O/c1-3-5-7-14(9-10-16)11-12-13-6-8-15(12)4-2/h6,8,16H,3-5,7,9-11H2,1-2H3. The van der Waals surface area contributed by atoms with Crippen LogP contribution in [0.2, 0.25) is 0 Å². The van der Waals surface area contributed by atoms with Crippen LogP contribution in [0.15, 0.2) is 12.4 Å². The number of imidazole rings is 1. The average molecular weight is 225 g/mol. The first-order valence-electron chi connectivity index (χ1n) is 6.15. The van der Waals surface area contributed by atoms with Crippen molar-refractivity contribution in [3.05, 3.63) is 18.2 Å². The van der Waals surface area contributed by atoms with Crippen molar-refractivity contribution in [2.24, 2.45) is 0 Å². The number of aliphatic hydroxyl groups is 1. The van der Waals surface area contributed by atoms with Gasteiger partial charge in [0.05, 0.1) is 13.2 Å². The normalized spacial score (nSPS) is 11.2. The molecule has 0 unspecified atom stereocenters. The van der Waals surface area contributed by atoms with Crippen molar-refractivity contribution < 1.29 is 5.11 Å². The minimum atomic E-state index is 0.219. The molecule has 0 amide bonds. The van der Waals surface area contributed by atoms with E-state index in [1.807, 2.05) is 12.4 Å². The summed E-state index contributed by atoms with van der Waals surface area (Å²) in [6.07, 6.45) is 6.21. The Kier molecular flexibility index (Phi) is 6.11. The fourth-order valence-corrected chi connectivity index (χ4v) is 1.77. The minimum Gasteiger partial charge on any atom is -0.395 e. The van der Waals surface area contributed by atoms with Gasteiger partial charge in [-0.25, -0.2) is 4.98 Å². The highest BCUT2D eigenvalue weighted by Crippen LogP contribution is 2.04. The summed E-state index contributed by atoms with van der Waals surface area (Å²) < 4.78 is 2.15. The van der Waals surface area contributed by atoms with Crippen LogP contribution in [0.5, 0.6) is 0 Å². The van der Waals surface area contributed by atoms with E-state index in [9.17, 15) is 0 Å². The number of aliphatic hydroxyl groups excluding tert-OH is 1. The van der Waals surface area contributed by atoms with Gasteiger partial charge in [-0.3, -0.25) is 4.90 Å². The maximum atomic E-state index is 9.02. The van der Waals surface area contributed by atoms with Crippen molar-refractivity contribution in [2.45, 2.75) is 39.8 Å². The first kappa shape index (κ1) is 13.2. The van der Waals surface area contributed by atoms with Crippen LogP contribution in [0.3, 0.4) is 0 Å². The van der Waals surface area contributed by atoms with E-state index in [4.69, 9.17) is 5.11 Å². The van der Waals surface area contributed by atoms with E-state index in [0.29, 0.717) is 0 Å². The Hall–Kier alpha value is -0.870. The van der Waals surface area contributed by atoms with Gasteiger partial charge in [-0.15, -0.1) is 0 Å². The Labute approximate surface area is 97.9 Å². The highest BCUT2D eigenvalue weighted by molar-refractivity contribution is 4.92. The van der Waals surface area contributed by atoms with E-state index >= 15 is 0 Å². The fourth-order valence-electron chi connectivity index (χ4n) is 1.77. The average Bonchev–Trinajstić information content (AvgIpc) is 2.73. The van der Waals surface area contributed by atoms with Crippen LogP contribution in [-0.2, 0) is 13.1 Å². The molecule has 0 fully saturated rings. The van der Waals surface area contributed by atoms with Gasteiger partial charge in [-0.2, -0.15) is 0 Å². The van der Waals surface area contributed by atoms with Crippen molar-refractivity contribution in [3.63, 3.8) is 0 Å². The van der Waals surface area contributed by atoms with Crippen LogP contribution in [-0.4, -0.2) is 39.3 Å². The second-order valence-electron chi connectivity index (χ2n) is 3.98. The van der Waals surface area contributed by atoms with Crippen LogP contribution in [0.1, 0.15) is 32.5 Å². The summed E-state index contributed by atoms with van der Waals surface area (Å²) in [6.45, 7) is 8.08. The fraction of sp³-hybridized carbons (Fsp3) is 0.750. The molecule has 0 aromatic carbocycles. The van der Waals surface area contributed by atoms with E-state index in [1.165, 1.54) is 12.8 Å². The first-order chi connectivity index (χ1) is 7.81. The highest BCUT2D eigenvalue weighted by atomic mass is 16.3. The lowest BCUT2D eigenvalue weighted by Crippen LogP contribution is -2.29. The molecule has 4 heteroatoms. The summed E-state index contributed by atoms with van der Waals surface area (Å²) >= 11 is 0. The molecule has 0 saturated carbocycles. The predicted molar refractivity (Wildman–Crippen MR) is 65.2 cm³/mol. The molecule has 0 atom stereocenters. The smallest absolute Gasteiger partial charge is 0.122 e. The molecule has 1 aromatic rings. The molecule has 0 saturated heterocycles. The largest absolute Gasteiger partial charge is 0.395 e. The Balaban J connectivity index is 2.52. The third-order valence-corrected chi connectivity index (χ3v) is 2.75. The van der Waals surface area contributed by atoms with E-state index in [-0.39, 0.29) is 6.61 Å². The second kappa shape index (κ2) is 7.41. The molecule has 16 heavy (non-hydrogen) atoms. The first-order valence-corrected chi connectivity index (χ1v) is 6.15. The van der Waals surface area contributed by atoms with E-state index in [1.54, 1.807) is 0 Å². The molecule has 1 aromatic heterocycles. The zero-order valence-corrected chi connectivity index (χ0v) is 10.4. The van der Waals surface area contributed by atoms with Crippen molar-refractivity contribution in [3.8, 4) is 0 Å². The van der Waals surface area contributed by atoms with Gasteiger partial charge in [0.15, 0.2) is 0 Å². The Morgan fingerprint density at radius 2 is 2.19 bits per heavy atom. The summed E-state index contributed by atoms with van der Waals surface area (Å²) in [5.74, 6) is 1.09. The maximum Gasteiger partial charge on any atom is 0.122 e. The molecular weight excluding hydrogens is 202 g/mol. The molecule has 1 N–H and O–H groups in total. The molecule has 0 aliphatic heterocycles. The predicted octanol–water partition coefficient (Wildman–Crippen LogP) is 1.50. The van der Waals surface area contributed by atoms with Crippen LogP contribution in [0.25, 0.3) is 0 Å². The van der Waals surface area contributed by atoms with Crippen molar-refractivity contribution in [2.75, 3.05) is 19.7 Å². The summed E-state index contributed by atoms with van der Waals surface area (Å²) in [5, 5.41) is 9.02. The highest BCUT2D eigenvalue weighted by Gasteiger charge is 2.08.